The molecule has 86 valence electrons. The topological polar surface area (TPSA) is 76.5 Å². The first-order valence-electron chi connectivity index (χ1n) is 4.90. The largest absolute Gasteiger partial charge is 0.506 e. The molecule has 0 fully saturated rings. The third-order valence-electron chi connectivity index (χ3n) is 1.90. The summed E-state index contributed by atoms with van der Waals surface area (Å²) in [5.41, 5.74) is 0.378. The fourth-order valence-electron chi connectivity index (χ4n) is 1.21. The number of ketones is 1. The van der Waals surface area contributed by atoms with Crippen molar-refractivity contribution in [3.8, 4) is 5.75 Å². The third-order valence-corrected chi connectivity index (χ3v) is 1.90. The Hall–Kier alpha value is -1.91. The molecule has 0 unspecified atom stereocenters. The van der Waals surface area contributed by atoms with Gasteiger partial charge in [0.25, 0.3) is 0 Å². The highest BCUT2D eigenvalue weighted by Crippen LogP contribution is 2.15. The van der Waals surface area contributed by atoms with E-state index in [9.17, 15) is 14.7 Å². The number of hydrogen-bond donors (Lipinski definition) is 1. The fourth-order valence-corrected chi connectivity index (χ4v) is 1.21. The molecule has 0 amide bonds. The van der Waals surface area contributed by atoms with E-state index in [-0.39, 0.29) is 23.6 Å². The van der Waals surface area contributed by atoms with Gasteiger partial charge in [-0.1, -0.05) is 0 Å². The monoisotopic (exact) mass is 223 g/mol. The lowest BCUT2D eigenvalue weighted by molar-refractivity contribution is -0.142. The number of ether oxygens (including phenoxy) is 1. The molecule has 1 aromatic heterocycles. The summed E-state index contributed by atoms with van der Waals surface area (Å²) in [7, 11) is 0. The van der Waals surface area contributed by atoms with Crippen molar-refractivity contribution in [2.45, 2.75) is 20.3 Å². The lowest BCUT2D eigenvalue weighted by Gasteiger charge is -2.04. The molecular weight excluding hydrogens is 210 g/mol. The normalized spacial score (nSPS) is 9.88. The van der Waals surface area contributed by atoms with Gasteiger partial charge in [-0.15, -0.1) is 0 Å². The number of carbonyl (C=O) groups is 2. The van der Waals surface area contributed by atoms with Crippen LogP contribution in [0.1, 0.15) is 30.0 Å². The number of nitrogens with zero attached hydrogens (tertiary/aromatic N) is 1. The number of esters is 1. The van der Waals surface area contributed by atoms with Gasteiger partial charge < -0.3 is 9.84 Å². The van der Waals surface area contributed by atoms with Crippen LogP contribution in [0.3, 0.4) is 0 Å². The molecule has 0 aliphatic rings. The first-order chi connectivity index (χ1) is 7.54. The third kappa shape index (κ3) is 3.05. The maximum Gasteiger partial charge on any atom is 0.311 e. The number of hydrogen-bond acceptors (Lipinski definition) is 5. The van der Waals surface area contributed by atoms with Crippen molar-refractivity contribution >= 4 is 11.8 Å². The molecule has 0 aromatic carbocycles. The second-order valence-corrected chi connectivity index (χ2v) is 3.21. The van der Waals surface area contributed by atoms with E-state index in [2.05, 4.69) is 4.98 Å². The van der Waals surface area contributed by atoms with E-state index in [0.717, 1.165) is 0 Å². The van der Waals surface area contributed by atoms with Crippen LogP contribution >= 0.6 is 0 Å². The van der Waals surface area contributed by atoms with Crippen molar-refractivity contribution in [1.29, 1.82) is 0 Å². The van der Waals surface area contributed by atoms with Gasteiger partial charge in [-0.05, 0) is 19.1 Å². The quantitative estimate of drug-likeness (QED) is 0.610. The van der Waals surface area contributed by atoms with E-state index in [1.807, 2.05) is 0 Å². The molecule has 1 rings (SSSR count). The molecule has 0 bridgehead atoms. The second-order valence-electron chi connectivity index (χ2n) is 3.21. The van der Waals surface area contributed by atoms with E-state index in [1.54, 1.807) is 6.92 Å². The van der Waals surface area contributed by atoms with E-state index < -0.39 is 5.97 Å². The van der Waals surface area contributed by atoms with Gasteiger partial charge in [-0.3, -0.25) is 9.59 Å². The molecule has 0 saturated heterocycles. The van der Waals surface area contributed by atoms with E-state index >= 15 is 0 Å². The number of carbonyl (C=O) groups excluding carboxylic acids is 2. The minimum atomic E-state index is -0.407. The molecule has 0 spiro atoms. The lowest BCUT2D eigenvalue weighted by Crippen LogP contribution is -2.10. The van der Waals surface area contributed by atoms with Gasteiger partial charge in [0.15, 0.2) is 5.78 Å². The predicted molar refractivity (Wildman–Crippen MR) is 56.2 cm³/mol. The van der Waals surface area contributed by atoms with Crippen LogP contribution < -0.4 is 0 Å². The summed E-state index contributed by atoms with van der Waals surface area (Å²) in [4.78, 5) is 26.2. The number of rotatable bonds is 4. The Morgan fingerprint density at radius 1 is 1.44 bits per heavy atom. The van der Waals surface area contributed by atoms with Crippen LogP contribution in [0.25, 0.3) is 0 Å². The van der Waals surface area contributed by atoms with Crippen LogP contribution in [0.4, 0.5) is 0 Å². The first-order valence-corrected chi connectivity index (χ1v) is 4.90. The first kappa shape index (κ1) is 12.2. The number of Topliss-reactive ketones (excluding diaryl/α,β-unsaturated/α-hetero) is 1. The zero-order valence-corrected chi connectivity index (χ0v) is 9.19. The minimum Gasteiger partial charge on any atom is -0.506 e. The second kappa shape index (κ2) is 5.25. The van der Waals surface area contributed by atoms with Crippen LogP contribution in [0.15, 0.2) is 12.1 Å². The molecular formula is C11H13NO4. The SMILES string of the molecule is CCOC(=O)Cc1ccc(O)c(C(C)=O)n1. The number of pyridine rings is 1. The number of aromatic nitrogens is 1. The Bertz CT molecular complexity index is 414. The lowest BCUT2D eigenvalue weighted by atomic mass is 10.2. The molecule has 0 atom stereocenters. The maximum atomic E-state index is 11.2. The van der Waals surface area contributed by atoms with Crippen molar-refractivity contribution < 1.29 is 19.4 Å². The molecule has 16 heavy (non-hydrogen) atoms. The smallest absolute Gasteiger partial charge is 0.311 e. The Labute approximate surface area is 93.1 Å². The highest BCUT2D eigenvalue weighted by molar-refractivity contribution is 5.94. The predicted octanol–water partition coefficient (Wildman–Crippen LogP) is 1.10. The summed E-state index contributed by atoms with van der Waals surface area (Å²) in [5.74, 6) is -0.932. The average molecular weight is 223 g/mol. The number of aromatic hydroxyl groups is 1. The molecule has 0 aliphatic carbocycles. The average Bonchev–Trinajstić information content (AvgIpc) is 2.21. The van der Waals surface area contributed by atoms with Crippen molar-refractivity contribution in [2.24, 2.45) is 0 Å². The fraction of sp³-hybridized carbons (Fsp3) is 0.364. The van der Waals surface area contributed by atoms with Gasteiger partial charge in [0.1, 0.15) is 11.4 Å². The standard InChI is InChI=1S/C11H13NO4/c1-3-16-10(15)6-8-4-5-9(14)11(12-8)7(2)13/h4-5,14H,3,6H2,1-2H3. The summed E-state index contributed by atoms with van der Waals surface area (Å²) >= 11 is 0. The summed E-state index contributed by atoms with van der Waals surface area (Å²) < 4.78 is 4.75. The molecule has 1 aromatic rings. The Morgan fingerprint density at radius 2 is 2.12 bits per heavy atom. The van der Waals surface area contributed by atoms with Gasteiger partial charge in [0.05, 0.1) is 18.7 Å². The molecule has 0 radical (unpaired) electrons. The molecule has 1 N–H and O–H groups in total. The Kier molecular flexibility index (Phi) is 3.99. The highest BCUT2D eigenvalue weighted by Gasteiger charge is 2.11. The highest BCUT2D eigenvalue weighted by atomic mass is 16.5. The van der Waals surface area contributed by atoms with E-state index in [0.29, 0.717) is 12.3 Å². The van der Waals surface area contributed by atoms with Gasteiger partial charge >= 0.3 is 5.97 Å². The summed E-state index contributed by atoms with van der Waals surface area (Å²) in [5, 5.41) is 9.34. The van der Waals surface area contributed by atoms with E-state index in [4.69, 9.17) is 4.74 Å². The summed E-state index contributed by atoms with van der Waals surface area (Å²) in [6.45, 7) is 3.32. The Morgan fingerprint density at radius 3 is 2.69 bits per heavy atom. The van der Waals surface area contributed by atoms with Crippen molar-refractivity contribution in [3.05, 3.63) is 23.5 Å². The van der Waals surface area contributed by atoms with Gasteiger partial charge in [-0.2, -0.15) is 0 Å². The van der Waals surface area contributed by atoms with Crippen molar-refractivity contribution in [2.75, 3.05) is 6.61 Å². The van der Waals surface area contributed by atoms with Crippen LogP contribution in [-0.2, 0) is 16.0 Å². The Balaban J connectivity index is 2.87. The summed E-state index contributed by atoms with van der Waals surface area (Å²) in [6, 6.07) is 2.83. The van der Waals surface area contributed by atoms with Gasteiger partial charge in [-0.25, -0.2) is 4.98 Å². The minimum absolute atomic E-state index is 0.00556. The molecule has 0 aliphatic heterocycles. The van der Waals surface area contributed by atoms with Crippen molar-refractivity contribution in [3.63, 3.8) is 0 Å². The maximum absolute atomic E-state index is 11.2. The van der Waals surface area contributed by atoms with E-state index in [1.165, 1.54) is 19.1 Å². The molecule has 0 saturated carbocycles. The zero-order valence-electron chi connectivity index (χ0n) is 9.19. The summed E-state index contributed by atoms with van der Waals surface area (Å²) in [6.07, 6.45) is -0.00556. The van der Waals surface area contributed by atoms with Crippen molar-refractivity contribution in [1.82, 2.24) is 4.98 Å². The zero-order chi connectivity index (χ0) is 12.1. The van der Waals surface area contributed by atoms with Crippen LogP contribution in [0.5, 0.6) is 5.75 Å². The van der Waals surface area contributed by atoms with Crippen LogP contribution in [-0.4, -0.2) is 28.4 Å². The molecule has 5 heteroatoms. The molecule has 5 nitrogen and oxygen atoms in total. The van der Waals surface area contributed by atoms with Crippen LogP contribution in [0, 0.1) is 0 Å². The van der Waals surface area contributed by atoms with Gasteiger partial charge in [0, 0.05) is 6.92 Å². The van der Waals surface area contributed by atoms with Crippen LogP contribution in [0.2, 0.25) is 0 Å². The molecule has 1 heterocycles. The van der Waals surface area contributed by atoms with Gasteiger partial charge in [0.2, 0.25) is 0 Å².